The Balaban J connectivity index is 1.82. The van der Waals surface area contributed by atoms with Crippen molar-refractivity contribution in [1.82, 2.24) is 0 Å². The number of nitrogens with zero attached hydrogens (tertiary/aromatic N) is 2. The quantitative estimate of drug-likeness (QED) is 0.544. The number of anilines is 1. The molecule has 4 rings (SSSR count). The van der Waals surface area contributed by atoms with Crippen molar-refractivity contribution in [3.8, 4) is 0 Å². The summed E-state index contributed by atoms with van der Waals surface area (Å²) in [7, 11) is -3.94. The fourth-order valence-corrected chi connectivity index (χ4v) is 7.11. The van der Waals surface area contributed by atoms with Gasteiger partial charge in [0.25, 0.3) is 5.69 Å². The largest absolute Gasteiger partial charge is 0.310 e. The molecule has 7 nitrogen and oxygen atoms in total. The van der Waals surface area contributed by atoms with E-state index in [1.807, 2.05) is 13.0 Å². The van der Waals surface area contributed by atoms with E-state index < -0.39 is 25.4 Å². The van der Waals surface area contributed by atoms with Crippen LogP contribution >= 0.6 is 0 Å². The molecule has 1 aliphatic carbocycles. The Labute approximate surface area is 175 Å². The highest BCUT2D eigenvalue weighted by atomic mass is 32.2. The molecule has 0 atom stereocenters. The van der Waals surface area contributed by atoms with E-state index >= 15 is 0 Å². The van der Waals surface area contributed by atoms with Gasteiger partial charge in [0, 0.05) is 18.7 Å². The number of hydrogen-bond donors (Lipinski definition) is 0. The first-order valence-electron chi connectivity index (χ1n) is 10.1. The summed E-state index contributed by atoms with van der Waals surface area (Å²) in [6.45, 7) is 3.91. The molecule has 0 spiro atoms. The Bertz CT molecular complexity index is 1150. The number of hydrogen-bond acceptors (Lipinski definition) is 5. The van der Waals surface area contributed by atoms with Crippen LogP contribution < -0.4 is 4.90 Å². The molecular formula is C22H24N2O5S. The van der Waals surface area contributed by atoms with Crippen LogP contribution in [0.4, 0.5) is 11.4 Å². The van der Waals surface area contributed by atoms with E-state index in [0.717, 1.165) is 11.1 Å². The number of amides is 1. The summed E-state index contributed by atoms with van der Waals surface area (Å²) in [5.41, 5.74) is 2.62. The minimum Gasteiger partial charge on any atom is -0.310 e. The molecule has 1 saturated carbocycles. The van der Waals surface area contributed by atoms with Crippen molar-refractivity contribution in [3.05, 3.63) is 63.2 Å². The molecule has 8 heteroatoms. The molecule has 0 bridgehead atoms. The second-order valence-electron chi connectivity index (χ2n) is 8.25. The van der Waals surface area contributed by atoms with E-state index in [2.05, 4.69) is 0 Å². The van der Waals surface area contributed by atoms with Crippen molar-refractivity contribution in [3.63, 3.8) is 0 Å². The van der Waals surface area contributed by atoms with Gasteiger partial charge in [-0.1, -0.05) is 31.0 Å². The Morgan fingerprint density at radius 1 is 1.10 bits per heavy atom. The summed E-state index contributed by atoms with van der Waals surface area (Å²) in [4.78, 5) is 26.2. The molecule has 30 heavy (non-hydrogen) atoms. The number of nitro benzene ring substituents is 1. The first-order valence-corrected chi connectivity index (χ1v) is 11.6. The van der Waals surface area contributed by atoms with Crippen molar-refractivity contribution >= 4 is 27.1 Å². The predicted molar refractivity (Wildman–Crippen MR) is 113 cm³/mol. The lowest BCUT2D eigenvalue weighted by Crippen LogP contribution is -2.52. The summed E-state index contributed by atoms with van der Waals surface area (Å²) in [6, 6.07) is 9.72. The normalized spacial score (nSPS) is 17.7. The van der Waals surface area contributed by atoms with Gasteiger partial charge in [-0.2, -0.15) is 0 Å². The topological polar surface area (TPSA) is 97.6 Å². The number of non-ortho nitro benzene ring substituents is 1. The summed E-state index contributed by atoms with van der Waals surface area (Å²) in [5, 5.41) is 11.2. The summed E-state index contributed by atoms with van der Waals surface area (Å²) >= 11 is 0. The summed E-state index contributed by atoms with van der Waals surface area (Å²) < 4.78 is 26.2. The number of nitro groups is 1. The van der Waals surface area contributed by atoms with Crippen LogP contribution in [-0.4, -0.2) is 30.5 Å². The number of fused-ring (bicyclic) bond motifs is 1. The van der Waals surface area contributed by atoms with Gasteiger partial charge < -0.3 is 4.90 Å². The lowest BCUT2D eigenvalue weighted by molar-refractivity contribution is -0.384. The monoisotopic (exact) mass is 428 g/mol. The predicted octanol–water partition coefficient (Wildman–Crippen LogP) is 3.89. The van der Waals surface area contributed by atoms with E-state index in [9.17, 15) is 23.3 Å². The van der Waals surface area contributed by atoms with Gasteiger partial charge in [0.2, 0.25) is 5.91 Å². The molecule has 1 heterocycles. The highest BCUT2D eigenvalue weighted by Crippen LogP contribution is 2.45. The number of sulfone groups is 1. The van der Waals surface area contributed by atoms with Crippen LogP contribution in [0.5, 0.6) is 0 Å². The minimum atomic E-state index is -3.94. The van der Waals surface area contributed by atoms with E-state index in [-0.39, 0.29) is 23.4 Å². The zero-order valence-corrected chi connectivity index (χ0v) is 17.9. The third-order valence-corrected chi connectivity index (χ3v) is 9.00. The molecule has 2 aromatic carbocycles. The van der Waals surface area contributed by atoms with Crippen LogP contribution in [0.2, 0.25) is 0 Å². The van der Waals surface area contributed by atoms with Crippen LogP contribution in [0, 0.1) is 24.0 Å². The molecular weight excluding hydrogens is 404 g/mol. The number of aryl methyl sites for hydroxylation is 2. The molecule has 1 aliphatic heterocycles. The average Bonchev–Trinajstić information content (AvgIpc) is 3.36. The molecule has 0 radical (unpaired) electrons. The molecule has 158 valence electrons. The van der Waals surface area contributed by atoms with Crippen molar-refractivity contribution in [2.24, 2.45) is 0 Å². The van der Waals surface area contributed by atoms with Crippen LogP contribution in [-0.2, 0) is 21.1 Å². The van der Waals surface area contributed by atoms with Gasteiger partial charge in [-0.25, -0.2) is 8.42 Å². The highest BCUT2D eigenvalue weighted by molar-refractivity contribution is 7.93. The van der Waals surface area contributed by atoms with Crippen molar-refractivity contribution in [2.75, 3.05) is 11.4 Å². The smallest absolute Gasteiger partial charge is 0.271 e. The van der Waals surface area contributed by atoms with Crippen LogP contribution in [0.25, 0.3) is 0 Å². The van der Waals surface area contributed by atoms with E-state index in [4.69, 9.17) is 0 Å². The highest BCUT2D eigenvalue weighted by Gasteiger charge is 2.55. The molecule has 1 fully saturated rings. The Morgan fingerprint density at radius 2 is 1.80 bits per heavy atom. The van der Waals surface area contributed by atoms with Crippen molar-refractivity contribution < 1.29 is 18.1 Å². The van der Waals surface area contributed by atoms with Crippen LogP contribution in [0.1, 0.15) is 42.4 Å². The van der Waals surface area contributed by atoms with E-state index in [1.165, 1.54) is 17.0 Å². The molecule has 2 aliphatic rings. The molecule has 2 aromatic rings. The standard InChI is InChI=1S/C22H24N2O5S/c1-15-5-6-16(2)20(13-15)30(28,29)22(10-3-4-11-22)21(25)23-12-9-17-7-8-18(24(26)27)14-19(17)23/h5-8,13-14H,3-4,9-12H2,1-2H3. The maximum Gasteiger partial charge on any atom is 0.271 e. The molecule has 1 amide bonds. The number of carbonyl (C=O) groups excluding carboxylic acids is 1. The Kier molecular flexibility index (Phi) is 4.92. The lowest BCUT2D eigenvalue weighted by atomic mass is 10.0. The van der Waals surface area contributed by atoms with Crippen molar-refractivity contribution in [1.29, 1.82) is 0 Å². The Hall–Kier alpha value is -2.74. The average molecular weight is 429 g/mol. The molecule has 0 unspecified atom stereocenters. The van der Waals surface area contributed by atoms with E-state index in [0.29, 0.717) is 37.1 Å². The van der Waals surface area contributed by atoms with Crippen molar-refractivity contribution in [2.45, 2.75) is 55.6 Å². The first-order chi connectivity index (χ1) is 14.2. The van der Waals surface area contributed by atoms with Gasteiger partial charge in [0.15, 0.2) is 14.6 Å². The van der Waals surface area contributed by atoms with Crippen LogP contribution in [0.15, 0.2) is 41.3 Å². The number of rotatable bonds is 4. The third kappa shape index (κ3) is 3.01. The van der Waals surface area contributed by atoms with Gasteiger partial charge >= 0.3 is 0 Å². The van der Waals surface area contributed by atoms with Gasteiger partial charge in [-0.05, 0) is 55.9 Å². The second-order valence-corrected chi connectivity index (χ2v) is 10.5. The molecule has 0 N–H and O–H groups in total. The second kappa shape index (κ2) is 7.19. The SMILES string of the molecule is Cc1ccc(C)c(S(=O)(=O)C2(C(=O)N3CCc4ccc([N+](=O)[O-])cc43)CCCC2)c1. The van der Waals surface area contributed by atoms with Crippen LogP contribution in [0.3, 0.4) is 0 Å². The zero-order chi connectivity index (χ0) is 21.7. The molecule has 0 saturated heterocycles. The summed E-state index contributed by atoms with van der Waals surface area (Å²) in [6.07, 6.45) is 2.40. The first kappa shape index (κ1) is 20.5. The van der Waals surface area contributed by atoms with E-state index in [1.54, 1.807) is 25.1 Å². The van der Waals surface area contributed by atoms with Gasteiger partial charge in [-0.15, -0.1) is 0 Å². The van der Waals surface area contributed by atoms with Gasteiger partial charge in [0.05, 0.1) is 15.5 Å². The fraction of sp³-hybridized carbons (Fsp3) is 0.409. The Morgan fingerprint density at radius 3 is 2.47 bits per heavy atom. The number of carbonyl (C=O) groups is 1. The molecule has 0 aromatic heterocycles. The maximum absolute atomic E-state index is 13.9. The number of benzene rings is 2. The zero-order valence-electron chi connectivity index (χ0n) is 17.1. The summed E-state index contributed by atoms with van der Waals surface area (Å²) in [5.74, 6) is -0.458. The fourth-order valence-electron chi connectivity index (χ4n) is 4.69. The lowest BCUT2D eigenvalue weighted by Gasteiger charge is -2.32. The van der Waals surface area contributed by atoms with Gasteiger partial charge in [-0.3, -0.25) is 14.9 Å². The van der Waals surface area contributed by atoms with Gasteiger partial charge in [0.1, 0.15) is 0 Å². The third-order valence-electron chi connectivity index (χ3n) is 6.37. The minimum absolute atomic E-state index is 0.105. The maximum atomic E-state index is 13.9.